The van der Waals surface area contributed by atoms with E-state index in [0.717, 1.165) is 5.56 Å². The highest BCUT2D eigenvalue weighted by Gasteiger charge is 2.12. The molecule has 2 rings (SSSR count). The number of hydrogen-bond donors (Lipinski definition) is 2. The number of methoxy groups -OCH3 is 1. The SMILES string of the molecule is COc1ccc(N)cc1C(=O)NCc1cccnc1. The van der Waals surface area contributed by atoms with Crippen molar-refractivity contribution in [2.75, 3.05) is 12.8 Å². The Balaban J connectivity index is 2.10. The predicted octanol–water partition coefficient (Wildman–Crippen LogP) is 1.60. The number of nitrogens with one attached hydrogen (secondary N) is 1. The number of carbonyl (C=O) groups is 1. The van der Waals surface area contributed by atoms with E-state index in [9.17, 15) is 4.79 Å². The molecular formula is C14H15N3O2. The van der Waals surface area contributed by atoms with Crippen molar-refractivity contribution in [3.05, 3.63) is 53.9 Å². The normalized spacial score (nSPS) is 9.95. The molecule has 0 aliphatic heterocycles. The summed E-state index contributed by atoms with van der Waals surface area (Å²) in [6.07, 6.45) is 3.39. The van der Waals surface area contributed by atoms with Crippen LogP contribution in [-0.4, -0.2) is 18.0 Å². The van der Waals surface area contributed by atoms with Crippen LogP contribution in [0.2, 0.25) is 0 Å². The van der Waals surface area contributed by atoms with Crippen molar-refractivity contribution < 1.29 is 9.53 Å². The molecule has 0 spiro atoms. The first kappa shape index (κ1) is 12.9. The van der Waals surface area contributed by atoms with Crippen molar-refractivity contribution in [2.45, 2.75) is 6.54 Å². The zero-order valence-corrected chi connectivity index (χ0v) is 10.6. The van der Waals surface area contributed by atoms with E-state index in [-0.39, 0.29) is 5.91 Å². The molecule has 0 fully saturated rings. The molecule has 0 saturated heterocycles. The van der Waals surface area contributed by atoms with Crippen LogP contribution in [0.3, 0.4) is 0 Å². The fourth-order valence-electron chi connectivity index (χ4n) is 1.68. The number of carbonyl (C=O) groups excluding carboxylic acids is 1. The fraction of sp³-hybridized carbons (Fsp3) is 0.143. The Kier molecular flexibility index (Phi) is 3.97. The van der Waals surface area contributed by atoms with Gasteiger partial charge in [0, 0.05) is 24.6 Å². The second-order valence-electron chi connectivity index (χ2n) is 4.00. The molecule has 0 radical (unpaired) electrons. The monoisotopic (exact) mass is 257 g/mol. The Hall–Kier alpha value is -2.56. The van der Waals surface area contributed by atoms with Crippen LogP contribution in [0, 0.1) is 0 Å². The average molecular weight is 257 g/mol. The highest BCUT2D eigenvalue weighted by molar-refractivity contribution is 5.97. The van der Waals surface area contributed by atoms with Gasteiger partial charge in [-0.15, -0.1) is 0 Å². The van der Waals surface area contributed by atoms with Gasteiger partial charge in [-0.25, -0.2) is 0 Å². The second-order valence-corrected chi connectivity index (χ2v) is 4.00. The van der Waals surface area contributed by atoms with Crippen LogP contribution < -0.4 is 15.8 Å². The van der Waals surface area contributed by atoms with Crippen molar-refractivity contribution in [1.29, 1.82) is 0 Å². The van der Waals surface area contributed by atoms with Crippen molar-refractivity contribution in [3.63, 3.8) is 0 Å². The number of pyridine rings is 1. The first-order valence-corrected chi connectivity index (χ1v) is 5.81. The summed E-state index contributed by atoms with van der Waals surface area (Å²) >= 11 is 0. The van der Waals surface area contributed by atoms with E-state index in [4.69, 9.17) is 10.5 Å². The van der Waals surface area contributed by atoms with Gasteiger partial charge in [-0.2, -0.15) is 0 Å². The number of nitrogens with two attached hydrogens (primary N) is 1. The number of amides is 1. The maximum Gasteiger partial charge on any atom is 0.255 e. The standard InChI is InChI=1S/C14H15N3O2/c1-19-13-5-4-11(15)7-12(13)14(18)17-9-10-3-2-6-16-8-10/h2-8H,9,15H2,1H3,(H,17,18). The average Bonchev–Trinajstić information content (AvgIpc) is 2.46. The highest BCUT2D eigenvalue weighted by atomic mass is 16.5. The van der Waals surface area contributed by atoms with E-state index < -0.39 is 0 Å². The number of anilines is 1. The van der Waals surface area contributed by atoms with E-state index >= 15 is 0 Å². The zero-order chi connectivity index (χ0) is 13.7. The molecule has 2 aromatic rings. The minimum absolute atomic E-state index is 0.229. The van der Waals surface area contributed by atoms with Gasteiger partial charge in [0.25, 0.3) is 5.91 Å². The van der Waals surface area contributed by atoms with Crippen LogP contribution in [0.1, 0.15) is 15.9 Å². The molecule has 98 valence electrons. The molecule has 5 nitrogen and oxygen atoms in total. The number of aromatic nitrogens is 1. The Morgan fingerprint density at radius 2 is 2.26 bits per heavy atom. The Bertz CT molecular complexity index is 570. The highest BCUT2D eigenvalue weighted by Crippen LogP contribution is 2.20. The molecule has 0 bridgehead atoms. The summed E-state index contributed by atoms with van der Waals surface area (Å²) in [6, 6.07) is 8.68. The molecule has 0 saturated carbocycles. The molecule has 1 aromatic carbocycles. The summed E-state index contributed by atoms with van der Waals surface area (Å²) in [5, 5.41) is 2.80. The molecule has 1 amide bonds. The number of nitrogens with zero attached hydrogens (tertiary/aromatic N) is 1. The number of ether oxygens (including phenoxy) is 1. The number of benzene rings is 1. The largest absolute Gasteiger partial charge is 0.496 e. The smallest absolute Gasteiger partial charge is 0.255 e. The van der Waals surface area contributed by atoms with E-state index in [1.54, 1.807) is 30.6 Å². The first-order chi connectivity index (χ1) is 9.20. The zero-order valence-electron chi connectivity index (χ0n) is 10.6. The molecule has 1 heterocycles. The van der Waals surface area contributed by atoms with Crippen LogP contribution in [0.4, 0.5) is 5.69 Å². The lowest BCUT2D eigenvalue weighted by Crippen LogP contribution is -2.23. The van der Waals surface area contributed by atoms with Gasteiger partial charge >= 0.3 is 0 Å². The molecule has 0 atom stereocenters. The minimum atomic E-state index is -0.229. The molecule has 0 unspecified atom stereocenters. The molecule has 3 N–H and O–H groups in total. The van der Waals surface area contributed by atoms with E-state index in [2.05, 4.69) is 10.3 Å². The molecule has 1 aromatic heterocycles. The second kappa shape index (κ2) is 5.86. The van der Waals surface area contributed by atoms with Crippen LogP contribution in [-0.2, 0) is 6.54 Å². The van der Waals surface area contributed by atoms with Gasteiger partial charge in [-0.1, -0.05) is 6.07 Å². The lowest BCUT2D eigenvalue weighted by molar-refractivity contribution is 0.0948. The predicted molar refractivity (Wildman–Crippen MR) is 72.8 cm³/mol. The van der Waals surface area contributed by atoms with Gasteiger partial charge < -0.3 is 15.8 Å². The number of hydrogen-bond acceptors (Lipinski definition) is 4. The third-order valence-electron chi connectivity index (χ3n) is 2.64. The molecular weight excluding hydrogens is 242 g/mol. The lowest BCUT2D eigenvalue weighted by Gasteiger charge is -2.10. The maximum atomic E-state index is 12.1. The minimum Gasteiger partial charge on any atom is -0.496 e. The summed E-state index contributed by atoms with van der Waals surface area (Å²) in [7, 11) is 1.52. The summed E-state index contributed by atoms with van der Waals surface area (Å²) in [4.78, 5) is 16.1. The van der Waals surface area contributed by atoms with Gasteiger partial charge in [0.15, 0.2) is 0 Å². The molecule has 0 aliphatic carbocycles. The van der Waals surface area contributed by atoms with Crippen molar-refractivity contribution in [1.82, 2.24) is 10.3 Å². The third-order valence-corrected chi connectivity index (χ3v) is 2.64. The number of nitrogen functional groups attached to an aromatic ring is 1. The van der Waals surface area contributed by atoms with Crippen LogP contribution in [0.15, 0.2) is 42.7 Å². The van der Waals surface area contributed by atoms with Gasteiger partial charge in [0.2, 0.25) is 0 Å². The lowest BCUT2D eigenvalue weighted by atomic mass is 10.1. The quantitative estimate of drug-likeness (QED) is 0.816. The Morgan fingerprint density at radius 3 is 2.95 bits per heavy atom. The summed E-state index contributed by atoms with van der Waals surface area (Å²) in [5.41, 5.74) is 7.55. The van der Waals surface area contributed by atoms with E-state index in [0.29, 0.717) is 23.5 Å². The van der Waals surface area contributed by atoms with Gasteiger partial charge in [-0.05, 0) is 29.8 Å². The molecule has 0 aliphatic rings. The topological polar surface area (TPSA) is 77.2 Å². The molecule has 19 heavy (non-hydrogen) atoms. The Morgan fingerprint density at radius 1 is 1.42 bits per heavy atom. The van der Waals surface area contributed by atoms with Crippen molar-refractivity contribution in [2.24, 2.45) is 0 Å². The van der Waals surface area contributed by atoms with E-state index in [1.807, 2.05) is 12.1 Å². The summed E-state index contributed by atoms with van der Waals surface area (Å²) in [6.45, 7) is 0.407. The van der Waals surface area contributed by atoms with Crippen LogP contribution in [0.5, 0.6) is 5.75 Å². The summed E-state index contributed by atoms with van der Waals surface area (Å²) in [5.74, 6) is 0.269. The fourth-order valence-corrected chi connectivity index (χ4v) is 1.68. The molecule has 5 heteroatoms. The van der Waals surface area contributed by atoms with Gasteiger partial charge in [0.1, 0.15) is 5.75 Å². The van der Waals surface area contributed by atoms with Crippen molar-refractivity contribution >= 4 is 11.6 Å². The maximum absolute atomic E-state index is 12.1. The van der Waals surface area contributed by atoms with Crippen molar-refractivity contribution in [3.8, 4) is 5.75 Å². The third kappa shape index (κ3) is 3.22. The summed E-state index contributed by atoms with van der Waals surface area (Å²) < 4.78 is 5.14. The van der Waals surface area contributed by atoms with Crippen LogP contribution >= 0.6 is 0 Å². The van der Waals surface area contributed by atoms with E-state index in [1.165, 1.54) is 7.11 Å². The van der Waals surface area contributed by atoms with Crippen LogP contribution in [0.25, 0.3) is 0 Å². The Labute approximate surface area is 111 Å². The first-order valence-electron chi connectivity index (χ1n) is 5.81. The number of rotatable bonds is 4. The van der Waals surface area contributed by atoms with Gasteiger partial charge in [-0.3, -0.25) is 9.78 Å². The van der Waals surface area contributed by atoms with Gasteiger partial charge in [0.05, 0.1) is 12.7 Å².